The van der Waals surface area contributed by atoms with Gasteiger partial charge in [-0.1, -0.05) is 20.8 Å². The maximum atomic E-state index is 11.2. The van der Waals surface area contributed by atoms with Crippen LogP contribution in [0.2, 0.25) is 0 Å². The van der Waals surface area contributed by atoms with Gasteiger partial charge in [0, 0.05) is 50.6 Å². The molecule has 2 aliphatic rings. The summed E-state index contributed by atoms with van der Waals surface area (Å²) in [4.78, 5) is 25.4. The van der Waals surface area contributed by atoms with Crippen molar-refractivity contribution in [1.29, 1.82) is 0 Å². The van der Waals surface area contributed by atoms with E-state index in [1.807, 2.05) is 6.07 Å². The minimum atomic E-state index is -0.141. The summed E-state index contributed by atoms with van der Waals surface area (Å²) in [6.07, 6.45) is 4.69. The first-order valence-corrected chi connectivity index (χ1v) is 11.0. The van der Waals surface area contributed by atoms with Crippen LogP contribution in [0.25, 0.3) is 0 Å². The van der Waals surface area contributed by atoms with Crippen LogP contribution in [0.15, 0.2) is 6.07 Å². The number of amides is 1. The van der Waals surface area contributed by atoms with Crippen molar-refractivity contribution in [3.63, 3.8) is 0 Å². The normalized spacial score (nSPS) is 23.4. The lowest BCUT2D eigenvalue weighted by Crippen LogP contribution is -2.47. The van der Waals surface area contributed by atoms with Crippen molar-refractivity contribution >= 4 is 11.7 Å². The van der Waals surface area contributed by atoms with E-state index in [1.54, 1.807) is 6.92 Å². The number of aliphatic hydroxyl groups is 1. The van der Waals surface area contributed by atoms with Gasteiger partial charge >= 0.3 is 0 Å². The summed E-state index contributed by atoms with van der Waals surface area (Å²) in [5.41, 5.74) is 0.551. The number of nitrogens with zero attached hydrogens (tertiary/aromatic N) is 4. The number of rotatable bonds is 6. The molecule has 1 aromatic heterocycles. The molecule has 7 nitrogen and oxygen atoms in total. The molecule has 1 aromatic rings. The predicted octanol–water partition coefficient (Wildman–Crippen LogP) is 2.08. The molecule has 0 radical (unpaired) electrons. The van der Waals surface area contributed by atoms with E-state index in [2.05, 4.69) is 40.9 Å². The molecule has 162 valence electrons. The van der Waals surface area contributed by atoms with Crippen LogP contribution in [-0.2, 0) is 16.8 Å². The highest BCUT2D eigenvalue weighted by Crippen LogP contribution is 2.29. The monoisotopic (exact) mass is 403 g/mol. The molecule has 0 bridgehead atoms. The Morgan fingerprint density at radius 3 is 2.55 bits per heavy atom. The highest BCUT2D eigenvalue weighted by molar-refractivity contribution is 5.73. The van der Waals surface area contributed by atoms with Crippen LogP contribution >= 0.6 is 0 Å². The molecule has 0 spiro atoms. The summed E-state index contributed by atoms with van der Waals surface area (Å²) in [7, 11) is 0. The number of piperazine rings is 1. The first-order valence-electron chi connectivity index (χ1n) is 11.0. The standard InChI is InChI=1S/C22H37N5O2/c1-16(29)23-18-6-5-17(13-18)7-8-26-9-11-27(12-10-26)20-14-19(15-28)24-21(25-20)22(2,3)4/h14,17-18,28H,5-13,15H2,1-4H3,(H,23,29). The maximum absolute atomic E-state index is 11.2. The van der Waals surface area contributed by atoms with Crippen molar-refractivity contribution in [1.82, 2.24) is 20.2 Å². The molecular formula is C22H37N5O2. The summed E-state index contributed by atoms with van der Waals surface area (Å²) >= 11 is 0. The molecule has 2 fully saturated rings. The Kier molecular flexibility index (Phi) is 7.11. The minimum absolute atomic E-state index is 0.0561. The lowest BCUT2D eigenvalue weighted by molar-refractivity contribution is -0.119. The van der Waals surface area contributed by atoms with Crippen molar-refractivity contribution in [2.75, 3.05) is 37.6 Å². The lowest BCUT2D eigenvalue weighted by atomic mass is 9.95. The van der Waals surface area contributed by atoms with E-state index in [0.29, 0.717) is 11.7 Å². The second kappa shape index (κ2) is 9.39. The maximum Gasteiger partial charge on any atom is 0.217 e. The zero-order valence-corrected chi connectivity index (χ0v) is 18.4. The number of carbonyl (C=O) groups excluding carboxylic acids is 1. The van der Waals surface area contributed by atoms with Gasteiger partial charge in [0.15, 0.2) is 0 Å². The Balaban J connectivity index is 1.49. The quantitative estimate of drug-likeness (QED) is 0.757. The van der Waals surface area contributed by atoms with Gasteiger partial charge in [-0.3, -0.25) is 9.69 Å². The topological polar surface area (TPSA) is 81.6 Å². The Morgan fingerprint density at radius 2 is 1.93 bits per heavy atom. The Bertz CT molecular complexity index is 695. The summed E-state index contributed by atoms with van der Waals surface area (Å²) < 4.78 is 0. The first-order chi connectivity index (χ1) is 13.7. The number of hydrogen-bond donors (Lipinski definition) is 2. The highest BCUT2D eigenvalue weighted by atomic mass is 16.3. The molecule has 2 unspecified atom stereocenters. The van der Waals surface area contributed by atoms with E-state index in [-0.39, 0.29) is 17.9 Å². The van der Waals surface area contributed by atoms with Gasteiger partial charge < -0.3 is 15.3 Å². The van der Waals surface area contributed by atoms with Gasteiger partial charge in [-0.05, 0) is 38.1 Å². The second-order valence-corrected chi connectivity index (χ2v) is 9.64. The number of aliphatic hydroxyl groups excluding tert-OH is 1. The third-order valence-corrected chi connectivity index (χ3v) is 6.10. The number of nitrogens with one attached hydrogen (secondary N) is 1. The molecule has 1 amide bonds. The van der Waals surface area contributed by atoms with Crippen LogP contribution < -0.4 is 10.2 Å². The summed E-state index contributed by atoms with van der Waals surface area (Å²) in [5, 5.41) is 12.7. The average Bonchev–Trinajstić information content (AvgIpc) is 3.12. The third-order valence-electron chi connectivity index (χ3n) is 6.10. The zero-order valence-electron chi connectivity index (χ0n) is 18.4. The van der Waals surface area contributed by atoms with E-state index < -0.39 is 0 Å². The van der Waals surface area contributed by atoms with Crippen LogP contribution in [0.3, 0.4) is 0 Å². The second-order valence-electron chi connectivity index (χ2n) is 9.64. The smallest absolute Gasteiger partial charge is 0.217 e. The van der Waals surface area contributed by atoms with E-state index in [0.717, 1.165) is 63.1 Å². The molecule has 7 heteroatoms. The Labute approximate surface area is 174 Å². The van der Waals surface area contributed by atoms with Crippen molar-refractivity contribution in [3.8, 4) is 0 Å². The van der Waals surface area contributed by atoms with Gasteiger partial charge in [0.25, 0.3) is 0 Å². The van der Waals surface area contributed by atoms with Crippen LogP contribution in [0.4, 0.5) is 5.82 Å². The molecule has 29 heavy (non-hydrogen) atoms. The highest BCUT2D eigenvalue weighted by Gasteiger charge is 2.27. The van der Waals surface area contributed by atoms with Gasteiger partial charge in [-0.15, -0.1) is 0 Å². The van der Waals surface area contributed by atoms with Crippen molar-refractivity contribution < 1.29 is 9.90 Å². The minimum Gasteiger partial charge on any atom is -0.390 e. The number of hydrogen-bond acceptors (Lipinski definition) is 6. The lowest BCUT2D eigenvalue weighted by Gasteiger charge is -2.36. The van der Waals surface area contributed by atoms with Gasteiger partial charge in [-0.2, -0.15) is 0 Å². The first kappa shape index (κ1) is 22.0. The van der Waals surface area contributed by atoms with Crippen molar-refractivity contribution in [2.24, 2.45) is 5.92 Å². The fourth-order valence-corrected chi connectivity index (χ4v) is 4.38. The number of carbonyl (C=O) groups is 1. The molecule has 1 saturated carbocycles. The molecule has 1 aliphatic heterocycles. The van der Waals surface area contributed by atoms with E-state index in [9.17, 15) is 9.90 Å². The van der Waals surface area contributed by atoms with Crippen molar-refractivity contribution in [3.05, 3.63) is 17.6 Å². The molecule has 2 heterocycles. The van der Waals surface area contributed by atoms with E-state index in [1.165, 1.54) is 12.8 Å². The largest absolute Gasteiger partial charge is 0.390 e. The number of aromatic nitrogens is 2. The Morgan fingerprint density at radius 1 is 1.21 bits per heavy atom. The van der Waals surface area contributed by atoms with E-state index in [4.69, 9.17) is 4.98 Å². The summed E-state index contributed by atoms with van der Waals surface area (Å²) in [6, 6.07) is 2.30. The zero-order chi connectivity index (χ0) is 21.0. The van der Waals surface area contributed by atoms with E-state index >= 15 is 0 Å². The van der Waals surface area contributed by atoms with Crippen LogP contribution in [-0.4, -0.2) is 64.6 Å². The molecular weight excluding hydrogens is 366 g/mol. The molecule has 2 N–H and O–H groups in total. The van der Waals surface area contributed by atoms with Gasteiger partial charge in [0.05, 0.1) is 12.3 Å². The van der Waals surface area contributed by atoms with Crippen molar-refractivity contribution in [2.45, 2.75) is 71.4 Å². The van der Waals surface area contributed by atoms with Crippen LogP contribution in [0.1, 0.15) is 64.9 Å². The fraction of sp³-hybridized carbons (Fsp3) is 0.773. The molecule has 1 saturated heterocycles. The summed E-state index contributed by atoms with van der Waals surface area (Å²) in [6.45, 7) is 13.0. The molecule has 0 aromatic carbocycles. The van der Waals surface area contributed by atoms with Gasteiger partial charge in [-0.25, -0.2) is 9.97 Å². The predicted molar refractivity (Wildman–Crippen MR) is 115 cm³/mol. The Hall–Kier alpha value is -1.73. The number of anilines is 1. The van der Waals surface area contributed by atoms with Crippen LogP contribution in [0, 0.1) is 5.92 Å². The molecule has 1 aliphatic carbocycles. The van der Waals surface area contributed by atoms with Gasteiger partial charge in [0.1, 0.15) is 11.6 Å². The SMILES string of the molecule is CC(=O)NC1CCC(CCN2CCN(c3cc(CO)nc(C(C)(C)C)n3)CC2)C1. The fourth-order valence-electron chi connectivity index (χ4n) is 4.38. The molecule has 2 atom stereocenters. The average molecular weight is 404 g/mol. The molecule has 3 rings (SSSR count). The van der Waals surface area contributed by atoms with Gasteiger partial charge in [0.2, 0.25) is 5.91 Å². The third kappa shape index (κ3) is 6.12. The summed E-state index contributed by atoms with van der Waals surface area (Å²) in [5.74, 6) is 2.54. The van der Waals surface area contributed by atoms with Crippen LogP contribution in [0.5, 0.6) is 0 Å².